The molecule has 3 aromatic heterocycles. The molecule has 1 aliphatic heterocycles. The number of pyridine rings is 1. The Morgan fingerprint density at radius 2 is 1.57 bits per heavy atom. The van der Waals surface area contributed by atoms with Gasteiger partial charge in [0, 0.05) is 59.6 Å². The lowest BCUT2D eigenvalue weighted by Gasteiger charge is -2.34. The van der Waals surface area contributed by atoms with Gasteiger partial charge in [0.1, 0.15) is 11.5 Å². The fraction of sp³-hybridized carbons (Fsp3) is 0.152. The highest BCUT2D eigenvalue weighted by Crippen LogP contribution is 2.35. The smallest absolute Gasteiger partial charge is 0.256 e. The highest BCUT2D eigenvalue weighted by molar-refractivity contribution is 7.22. The van der Waals surface area contributed by atoms with Crippen molar-refractivity contribution < 1.29 is 9.18 Å². The van der Waals surface area contributed by atoms with Crippen molar-refractivity contribution in [3.8, 4) is 21.7 Å². The van der Waals surface area contributed by atoms with Crippen molar-refractivity contribution in [2.75, 3.05) is 26.2 Å². The van der Waals surface area contributed by atoms with Crippen LogP contribution in [0.1, 0.15) is 16.1 Å². The summed E-state index contributed by atoms with van der Waals surface area (Å²) >= 11 is 1.80. The molecule has 1 aliphatic rings. The van der Waals surface area contributed by atoms with E-state index in [2.05, 4.69) is 70.1 Å². The summed E-state index contributed by atoms with van der Waals surface area (Å²) in [5.74, 6) is -0.715. The molecule has 1 saturated heterocycles. The van der Waals surface area contributed by atoms with E-state index in [1.165, 1.54) is 21.0 Å². The van der Waals surface area contributed by atoms with E-state index in [9.17, 15) is 9.18 Å². The van der Waals surface area contributed by atoms with Gasteiger partial charge in [-0.05, 0) is 41.8 Å². The van der Waals surface area contributed by atoms with E-state index in [4.69, 9.17) is 4.98 Å². The quantitative estimate of drug-likeness (QED) is 0.234. The molecule has 4 heterocycles. The normalized spacial score (nSPS) is 14.3. The van der Waals surface area contributed by atoms with Crippen molar-refractivity contribution >= 4 is 33.0 Å². The summed E-state index contributed by atoms with van der Waals surface area (Å²) in [5, 5.41) is 1.25. The standard InChI is InChI=1S/C33H27FN4OS/c34-27-12-6-5-11-26(27)33(39)37-18-16-36(17-19-37)22-28-32(23-8-2-1-3-9-23)35-31-15-14-25(21-38(28)31)30-20-24-10-4-7-13-29(24)40-30/h1-15,20-21H,16-19,22H2. The number of aromatic nitrogens is 2. The van der Waals surface area contributed by atoms with E-state index in [1.807, 2.05) is 18.2 Å². The molecular formula is C33H27FN4OS. The first-order chi connectivity index (χ1) is 19.6. The van der Waals surface area contributed by atoms with Crippen LogP contribution in [-0.2, 0) is 6.54 Å². The van der Waals surface area contributed by atoms with Crippen molar-refractivity contribution in [3.05, 3.63) is 120 Å². The largest absolute Gasteiger partial charge is 0.336 e. The van der Waals surface area contributed by atoms with Crippen LogP contribution in [0.3, 0.4) is 0 Å². The highest BCUT2D eigenvalue weighted by Gasteiger charge is 2.26. The van der Waals surface area contributed by atoms with E-state index in [1.54, 1.807) is 34.4 Å². The monoisotopic (exact) mass is 546 g/mol. The van der Waals surface area contributed by atoms with Gasteiger partial charge in [0.2, 0.25) is 0 Å². The Hall–Kier alpha value is -4.33. The van der Waals surface area contributed by atoms with Gasteiger partial charge >= 0.3 is 0 Å². The molecule has 40 heavy (non-hydrogen) atoms. The van der Waals surface area contributed by atoms with Crippen LogP contribution in [0, 0.1) is 5.82 Å². The topological polar surface area (TPSA) is 40.9 Å². The molecule has 0 N–H and O–H groups in total. The summed E-state index contributed by atoms with van der Waals surface area (Å²) in [6, 6.07) is 31.5. The maximum atomic E-state index is 14.2. The predicted octanol–water partition coefficient (Wildman–Crippen LogP) is 6.98. The minimum absolute atomic E-state index is 0.137. The number of thiophene rings is 1. The summed E-state index contributed by atoms with van der Waals surface area (Å²) in [4.78, 5) is 23.3. The molecule has 1 amide bonds. The number of rotatable bonds is 5. The molecule has 0 radical (unpaired) electrons. The highest BCUT2D eigenvalue weighted by atomic mass is 32.1. The zero-order valence-electron chi connectivity index (χ0n) is 21.8. The number of hydrogen-bond donors (Lipinski definition) is 0. The summed E-state index contributed by atoms with van der Waals surface area (Å²) in [7, 11) is 0. The molecule has 0 bridgehead atoms. The zero-order valence-corrected chi connectivity index (χ0v) is 22.7. The van der Waals surface area contributed by atoms with Crippen molar-refractivity contribution in [1.82, 2.24) is 19.2 Å². The number of hydrogen-bond acceptors (Lipinski definition) is 4. The second kappa shape index (κ2) is 10.3. The lowest BCUT2D eigenvalue weighted by Crippen LogP contribution is -2.48. The molecule has 3 aromatic carbocycles. The van der Waals surface area contributed by atoms with Gasteiger partial charge in [-0.3, -0.25) is 9.69 Å². The maximum Gasteiger partial charge on any atom is 0.256 e. The third kappa shape index (κ3) is 4.57. The van der Waals surface area contributed by atoms with Crippen LogP contribution in [0.5, 0.6) is 0 Å². The first kappa shape index (κ1) is 24.7. The van der Waals surface area contributed by atoms with Gasteiger partial charge in [-0.25, -0.2) is 9.37 Å². The van der Waals surface area contributed by atoms with Crippen molar-refractivity contribution in [2.24, 2.45) is 0 Å². The SMILES string of the molecule is O=C(c1ccccc1F)N1CCN(Cc2c(-c3ccccc3)nc3ccc(-c4cc5ccccc5s4)cn23)CC1. The van der Waals surface area contributed by atoms with Gasteiger partial charge in [0.15, 0.2) is 0 Å². The molecule has 7 rings (SSSR count). The summed E-state index contributed by atoms with van der Waals surface area (Å²) in [6.07, 6.45) is 2.20. The number of carbonyl (C=O) groups excluding carboxylic acids is 1. The second-order valence-corrected chi connectivity index (χ2v) is 11.2. The minimum atomic E-state index is -0.470. The average molecular weight is 547 g/mol. The van der Waals surface area contributed by atoms with Gasteiger partial charge in [0.05, 0.1) is 17.0 Å². The molecule has 1 fully saturated rings. The fourth-order valence-electron chi connectivity index (χ4n) is 5.47. The number of imidazole rings is 1. The Balaban J connectivity index is 1.20. The van der Waals surface area contributed by atoms with Crippen LogP contribution in [0.2, 0.25) is 0 Å². The second-order valence-electron chi connectivity index (χ2n) is 10.1. The number of halogens is 1. The fourth-order valence-corrected chi connectivity index (χ4v) is 6.52. The molecule has 6 aromatic rings. The number of carbonyl (C=O) groups is 1. The van der Waals surface area contributed by atoms with Gasteiger partial charge in [0.25, 0.3) is 5.91 Å². The first-order valence-electron chi connectivity index (χ1n) is 13.5. The molecule has 198 valence electrons. The predicted molar refractivity (Wildman–Crippen MR) is 159 cm³/mol. The van der Waals surface area contributed by atoms with E-state index in [-0.39, 0.29) is 11.5 Å². The maximum absolute atomic E-state index is 14.2. The van der Waals surface area contributed by atoms with E-state index in [0.717, 1.165) is 28.2 Å². The van der Waals surface area contributed by atoms with Crippen LogP contribution in [0.15, 0.2) is 103 Å². The number of amides is 1. The molecule has 0 atom stereocenters. The Morgan fingerprint density at radius 1 is 0.825 bits per heavy atom. The van der Waals surface area contributed by atoms with E-state index in [0.29, 0.717) is 32.7 Å². The van der Waals surface area contributed by atoms with Crippen LogP contribution in [0.4, 0.5) is 4.39 Å². The molecule has 0 unspecified atom stereocenters. The minimum Gasteiger partial charge on any atom is -0.336 e. The Labute approximate surface area is 235 Å². The van der Waals surface area contributed by atoms with Crippen LogP contribution in [0.25, 0.3) is 37.4 Å². The molecule has 0 spiro atoms. The number of fused-ring (bicyclic) bond motifs is 2. The first-order valence-corrected chi connectivity index (χ1v) is 14.3. The Morgan fingerprint density at radius 3 is 2.38 bits per heavy atom. The molecule has 0 saturated carbocycles. The lowest BCUT2D eigenvalue weighted by atomic mass is 10.1. The third-order valence-electron chi connectivity index (χ3n) is 7.61. The third-order valence-corrected chi connectivity index (χ3v) is 8.78. The van der Waals surface area contributed by atoms with Crippen LogP contribution < -0.4 is 0 Å². The summed E-state index contributed by atoms with van der Waals surface area (Å²) in [5.41, 5.74) is 5.38. The van der Waals surface area contributed by atoms with E-state index >= 15 is 0 Å². The van der Waals surface area contributed by atoms with Gasteiger partial charge in [-0.15, -0.1) is 11.3 Å². The number of piperazine rings is 1. The van der Waals surface area contributed by atoms with Crippen LogP contribution >= 0.6 is 11.3 Å². The van der Waals surface area contributed by atoms with Gasteiger partial charge < -0.3 is 9.30 Å². The van der Waals surface area contributed by atoms with E-state index < -0.39 is 5.82 Å². The van der Waals surface area contributed by atoms with Crippen molar-refractivity contribution in [1.29, 1.82) is 0 Å². The van der Waals surface area contributed by atoms with Gasteiger partial charge in [-0.1, -0.05) is 60.7 Å². The Bertz CT molecular complexity index is 1800. The van der Waals surface area contributed by atoms with Crippen LogP contribution in [-0.4, -0.2) is 51.3 Å². The molecular weight excluding hydrogens is 519 g/mol. The Kier molecular flexibility index (Phi) is 6.38. The summed E-state index contributed by atoms with van der Waals surface area (Å²) in [6.45, 7) is 3.22. The molecule has 5 nitrogen and oxygen atoms in total. The number of benzene rings is 3. The molecule has 0 aliphatic carbocycles. The average Bonchev–Trinajstić information content (AvgIpc) is 3.59. The molecule has 7 heteroatoms. The summed E-state index contributed by atoms with van der Waals surface area (Å²) < 4.78 is 17.7. The lowest BCUT2D eigenvalue weighted by molar-refractivity contribution is 0.0622. The number of nitrogens with zero attached hydrogens (tertiary/aromatic N) is 4. The van der Waals surface area contributed by atoms with Crippen molar-refractivity contribution in [2.45, 2.75) is 6.54 Å². The van der Waals surface area contributed by atoms with Crippen molar-refractivity contribution in [3.63, 3.8) is 0 Å². The van der Waals surface area contributed by atoms with Gasteiger partial charge in [-0.2, -0.15) is 0 Å². The zero-order chi connectivity index (χ0) is 27.1.